The predicted octanol–water partition coefficient (Wildman–Crippen LogP) is 0.916. The van der Waals surface area contributed by atoms with Crippen LogP contribution >= 0.6 is 0 Å². The van der Waals surface area contributed by atoms with Gasteiger partial charge in [0.25, 0.3) is 0 Å². The highest BCUT2D eigenvalue weighted by molar-refractivity contribution is 4.92. The topological polar surface area (TPSA) is 27.7 Å². The molecule has 0 aromatic carbocycles. The van der Waals surface area contributed by atoms with E-state index in [1.165, 1.54) is 0 Å². The fraction of sp³-hybridized carbons (Fsp3) is 0.400. The summed E-state index contributed by atoms with van der Waals surface area (Å²) in [6.45, 7) is 2.24. The summed E-state index contributed by atoms with van der Waals surface area (Å²) in [6.07, 6.45) is 10.2. The third kappa shape index (κ3) is 10.2. The van der Waals surface area contributed by atoms with Crippen molar-refractivity contribution in [3.8, 4) is 36.4 Å². The Balaban J connectivity index is 3.19. The van der Waals surface area contributed by atoms with Crippen molar-refractivity contribution in [3.05, 3.63) is 0 Å². The molecule has 68 valence electrons. The number of hydrogen-bond donors (Lipinski definition) is 0. The largest absolute Gasteiger partial charge is 0.446 e. The van der Waals surface area contributed by atoms with Crippen LogP contribution in [-0.2, 0) is 14.5 Å². The third-order valence-corrected chi connectivity index (χ3v) is 0.818. The molecule has 0 bridgehead atoms. The summed E-state index contributed by atoms with van der Waals surface area (Å²) in [5.41, 5.74) is 0. The number of hydrogen-bond acceptors (Lipinski definition) is 3. The smallest absolute Gasteiger partial charge is 0.157 e. The molecule has 0 N–H and O–H groups in total. The van der Waals surface area contributed by atoms with Gasteiger partial charge < -0.3 is 4.74 Å². The number of rotatable bonds is 4. The SMILES string of the molecule is C#CCOOC#CCCOC#CC. The molecule has 0 amide bonds. The van der Waals surface area contributed by atoms with Crippen LogP contribution in [0.4, 0.5) is 0 Å². The van der Waals surface area contributed by atoms with Crippen molar-refractivity contribution >= 4 is 0 Å². The standard InChI is InChI=1S/C10H10O3/c1-3-7-11-9-5-6-10-13-12-8-4-2/h2H,5,8-9H2,1H3. The van der Waals surface area contributed by atoms with E-state index in [4.69, 9.17) is 11.2 Å². The van der Waals surface area contributed by atoms with E-state index in [9.17, 15) is 0 Å². The molecule has 0 unspecified atom stereocenters. The first-order chi connectivity index (χ1) is 6.41. The molecular formula is C10H10O3. The lowest BCUT2D eigenvalue weighted by Gasteiger charge is -1.90. The Hall–Kier alpha value is -1.76. The van der Waals surface area contributed by atoms with E-state index in [1.54, 1.807) is 6.92 Å². The second kappa shape index (κ2) is 10.2. The van der Waals surface area contributed by atoms with Crippen molar-refractivity contribution in [2.24, 2.45) is 0 Å². The van der Waals surface area contributed by atoms with Gasteiger partial charge in [0.05, 0.1) is 0 Å². The van der Waals surface area contributed by atoms with E-state index >= 15 is 0 Å². The fourth-order valence-electron chi connectivity index (χ4n) is 0.399. The van der Waals surface area contributed by atoms with Gasteiger partial charge in [-0.1, -0.05) is 17.8 Å². The van der Waals surface area contributed by atoms with Crippen LogP contribution in [0.15, 0.2) is 0 Å². The Kier molecular flexibility index (Phi) is 8.85. The molecule has 0 aliphatic rings. The lowest BCUT2D eigenvalue weighted by atomic mass is 10.5. The molecule has 0 fully saturated rings. The van der Waals surface area contributed by atoms with Gasteiger partial charge in [-0.25, -0.2) is 0 Å². The quantitative estimate of drug-likeness (QED) is 0.277. The monoisotopic (exact) mass is 178 g/mol. The summed E-state index contributed by atoms with van der Waals surface area (Å²) in [6, 6.07) is 0. The predicted molar refractivity (Wildman–Crippen MR) is 47.7 cm³/mol. The van der Waals surface area contributed by atoms with E-state index in [1.807, 2.05) is 0 Å². The van der Waals surface area contributed by atoms with E-state index in [-0.39, 0.29) is 6.61 Å². The van der Waals surface area contributed by atoms with Gasteiger partial charge in [-0.2, -0.15) is 4.89 Å². The molecule has 0 radical (unpaired) electrons. The van der Waals surface area contributed by atoms with Crippen LogP contribution in [0.2, 0.25) is 0 Å². The zero-order valence-corrected chi connectivity index (χ0v) is 7.42. The van der Waals surface area contributed by atoms with Crippen LogP contribution < -0.4 is 0 Å². The van der Waals surface area contributed by atoms with E-state index < -0.39 is 0 Å². The highest BCUT2D eigenvalue weighted by Gasteiger charge is 1.79. The van der Waals surface area contributed by atoms with Crippen molar-refractivity contribution in [2.45, 2.75) is 13.3 Å². The minimum atomic E-state index is 0.0898. The van der Waals surface area contributed by atoms with Crippen molar-refractivity contribution < 1.29 is 14.5 Å². The van der Waals surface area contributed by atoms with E-state index in [2.05, 4.69) is 39.7 Å². The first-order valence-corrected chi connectivity index (χ1v) is 3.65. The molecule has 0 rings (SSSR count). The van der Waals surface area contributed by atoms with E-state index in [0.717, 1.165) is 0 Å². The number of ether oxygens (including phenoxy) is 1. The van der Waals surface area contributed by atoms with Crippen molar-refractivity contribution in [2.75, 3.05) is 13.2 Å². The lowest BCUT2D eigenvalue weighted by molar-refractivity contribution is -0.224. The minimum Gasteiger partial charge on any atom is -0.446 e. The molecule has 13 heavy (non-hydrogen) atoms. The molecule has 0 spiro atoms. The second-order valence-electron chi connectivity index (χ2n) is 1.78. The van der Waals surface area contributed by atoms with Gasteiger partial charge in [0.2, 0.25) is 0 Å². The summed E-state index contributed by atoms with van der Waals surface area (Å²) in [4.78, 5) is 8.82. The van der Waals surface area contributed by atoms with Crippen LogP contribution in [0.5, 0.6) is 0 Å². The maximum atomic E-state index is 4.89. The Labute approximate surface area is 78.3 Å². The minimum absolute atomic E-state index is 0.0898. The Bertz CT molecular complexity index is 267. The first kappa shape index (κ1) is 11.2. The summed E-state index contributed by atoms with van der Waals surface area (Å²) >= 11 is 0. The van der Waals surface area contributed by atoms with Gasteiger partial charge in [0, 0.05) is 13.3 Å². The molecule has 0 atom stereocenters. The molecule has 0 aliphatic heterocycles. The lowest BCUT2D eigenvalue weighted by Crippen LogP contribution is -1.88. The fourth-order valence-corrected chi connectivity index (χ4v) is 0.399. The maximum absolute atomic E-state index is 4.89. The van der Waals surface area contributed by atoms with Gasteiger partial charge in [0.1, 0.15) is 12.7 Å². The average molecular weight is 178 g/mol. The van der Waals surface area contributed by atoms with E-state index in [0.29, 0.717) is 13.0 Å². The normalized spacial score (nSPS) is 6.77. The van der Waals surface area contributed by atoms with Gasteiger partial charge in [-0.05, 0) is 0 Å². The summed E-state index contributed by atoms with van der Waals surface area (Å²) < 4.78 is 4.82. The van der Waals surface area contributed by atoms with Gasteiger partial charge >= 0.3 is 0 Å². The zero-order valence-electron chi connectivity index (χ0n) is 7.42. The van der Waals surface area contributed by atoms with Crippen molar-refractivity contribution in [3.63, 3.8) is 0 Å². The van der Waals surface area contributed by atoms with Crippen LogP contribution in [-0.4, -0.2) is 13.2 Å². The molecule has 3 nitrogen and oxygen atoms in total. The molecule has 0 aromatic rings. The van der Waals surface area contributed by atoms with Crippen LogP contribution in [0.25, 0.3) is 0 Å². The molecular weight excluding hydrogens is 168 g/mol. The van der Waals surface area contributed by atoms with Crippen molar-refractivity contribution in [1.82, 2.24) is 0 Å². The third-order valence-electron chi connectivity index (χ3n) is 0.818. The summed E-state index contributed by atoms with van der Waals surface area (Å²) in [5, 5.41) is 0. The second-order valence-corrected chi connectivity index (χ2v) is 1.78. The van der Waals surface area contributed by atoms with Gasteiger partial charge in [-0.15, -0.1) is 6.42 Å². The molecule has 0 heterocycles. The first-order valence-electron chi connectivity index (χ1n) is 3.65. The van der Waals surface area contributed by atoms with Crippen LogP contribution in [0.3, 0.4) is 0 Å². The summed E-state index contributed by atoms with van der Waals surface area (Å²) in [7, 11) is 0. The molecule has 3 heteroatoms. The van der Waals surface area contributed by atoms with Crippen LogP contribution in [0.1, 0.15) is 13.3 Å². The van der Waals surface area contributed by atoms with Crippen LogP contribution in [0, 0.1) is 36.4 Å². The highest BCUT2D eigenvalue weighted by atomic mass is 17.2. The maximum Gasteiger partial charge on any atom is 0.157 e. The Morgan fingerprint density at radius 3 is 2.85 bits per heavy atom. The molecule has 0 aromatic heterocycles. The zero-order chi connectivity index (χ0) is 9.78. The van der Waals surface area contributed by atoms with Crippen molar-refractivity contribution in [1.29, 1.82) is 0 Å². The average Bonchev–Trinajstić information content (AvgIpc) is 2.16. The Morgan fingerprint density at radius 2 is 2.15 bits per heavy atom. The molecule has 0 saturated heterocycles. The summed E-state index contributed by atoms with van der Waals surface area (Å²) in [5.74, 6) is 7.46. The Morgan fingerprint density at radius 1 is 1.31 bits per heavy atom. The molecule has 0 saturated carbocycles. The van der Waals surface area contributed by atoms with Gasteiger partial charge in [-0.3, -0.25) is 4.89 Å². The molecule has 0 aliphatic carbocycles. The van der Waals surface area contributed by atoms with Gasteiger partial charge in [0.15, 0.2) is 12.7 Å². The highest BCUT2D eigenvalue weighted by Crippen LogP contribution is 1.79. The number of terminal acetylenes is 1.